The molecule has 0 bridgehead atoms. The van der Waals surface area contributed by atoms with E-state index in [1.807, 2.05) is 13.8 Å². The number of aliphatic hydroxyl groups is 1. The lowest BCUT2D eigenvalue weighted by atomic mass is 10.1. The number of hydrogen-bond donors (Lipinski definition) is 4. The van der Waals surface area contributed by atoms with Gasteiger partial charge in [0, 0.05) is 26.1 Å². The van der Waals surface area contributed by atoms with E-state index in [2.05, 4.69) is 25.7 Å². The van der Waals surface area contributed by atoms with Crippen molar-refractivity contribution in [1.29, 1.82) is 0 Å². The molecule has 4 N–H and O–H groups in total. The second-order valence-electron chi connectivity index (χ2n) is 5.71. The molecule has 1 unspecified atom stereocenters. The molecule has 27 heavy (non-hydrogen) atoms. The Hall–Kier alpha value is -2.42. The van der Waals surface area contributed by atoms with Crippen LogP contribution in [-0.4, -0.2) is 49.8 Å². The Morgan fingerprint density at radius 2 is 1.85 bits per heavy atom. The van der Waals surface area contributed by atoms with Crippen LogP contribution in [0, 0.1) is 0 Å². The van der Waals surface area contributed by atoms with Crippen LogP contribution in [0.2, 0.25) is 0 Å². The number of carbonyl (C=O) groups is 1. The number of aliphatic hydroxyl groups excluding tert-OH is 1. The van der Waals surface area contributed by atoms with E-state index < -0.39 is 12.7 Å². The first-order chi connectivity index (χ1) is 13.0. The highest BCUT2D eigenvalue weighted by Crippen LogP contribution is 2.19. The van der Waals surface area contributed by atoms with E-state index in [1.54, 1.807) is 0 Å². The first kappa shape index (κ1) is 22.6. The molecule has 1 amide bonds. The molecule has 1 rings (SSSR count). The van der Waals surface area contributed by atoms with Crippen LogP contribution in [0.15, 0.2) is 29.3 Å². The SMILES string of the molecule is CCCNC(=O)CCNC(=NCC(O)c1ccc(OC(F)F)cc1)NCC. The largest absolute Gasteiger partial charge is 0.435 e. The summed E-state index contributed by atoms with van der Waals surface area (Å²) in [6, 6.07) is 5.76. The first-order valence-corrected chi connectivity index (χ1v) is 8.98. The minimum Gasteiger partial charge on any atom is -0.435 e. The third-order valence-electron chi connectivity index (χ3n) is 3.47. The molecule has 9 heteroatoms. The van der Waals surface area contributed by atoms with E-state index in [1.165, 1.54) is 24.3 Å². The van der Waals surface area contributed by atoms with Crippen molar-refractivity contribution in [1.82, 2.24) is 16.0 Å². The highest BCUT2D eigenvalue weighted by Gasteiger charge is 2.10. The Balaban J connectivity index is 2.51. The predicted octanol–water partition coefficient (Wildman–Crippen LogP) is 1.79. The van der Waals surface area contributed by atoms with Gasteiger partial charge in [0.2, 0.25) is 5.91 Å². The summed E-state index contributed by atoms with van der Waals surface area (Å²) in [6.07, 6.45) is 0.309. The lowest BCUT2D eigenvalue weighted by Crippen LogP contribution is -2.39. The van der Waals surface area contributed by atoms with Crippen LogP contribution < -0.4 is 20.7 Å². The quantitative estimate of drug-likeness (QED) is 0.344. The minimum absolute atomic E-state index is 0.0285. The number of ether oxygens (including phenoxy) is 1. The Morgan fingerprint density at radius 3 is 2.44 bits per heavy atom. The van der Waals surface area contributed by atoms with Crippen LogP contribution in [0.1, 0.15) is 38.4 Å². The lowest BCUT2D eigenvalue weighted by Gasteiger charge is -2.14. The summed E-state index contributed by atoms with van der Waals surface area (Å²) in [4.78, 5) is 15.9. The Bertz CT molecular complexity index is 582. The van der Waals surface area contributed by atoms with Crippen molar-refractivity contribution in [2.45, 2.75) is 39.4 Å². The Kier molecular flexibility index (Phi) is 10.8. The van der Waals surface area contributed by atoms with Gasteiger partial charge in [-0.25, -0.2) is 0 Å². The van der Waals surface area contributed by atoms with Gasteiger partial charge >= 0.3 is 6.61 Å². The third-order valence-corrected chi connectivity index (χ3v) is 3.47. The second kappa shape index (κ2) is 12.9. The summed E-state index contributed by atoms with van der Waals surface area (Å²) in [6.45, 7) is 2.78. The van der Waals surface area contributed by atoms with E-state index in [0.717, 1.165) is 6.42 Å². The van der Waals surface area contributed by atoms with Crippen molar-refractivity contribution in [3.63, 3.8) is 0 Å². The van der Waals surface area contributed by atoms with Crippen molar-refractivity contribution in [2.24, 2.45) is 4.99 Å². The van der Waals surface area contributed by atoms with Gasteiger partial charge in [-0.2, -0.15) is 8.78 Å². The zero-order chi connectivity index (χ0) is 20.1. The lowest BCUT2D eigenvalue weighted by molar-refractivity contribution is -0.120. The maximum atomic E-state index is 12.1. The maximum Gasteiger partial charge on any atom is 0.387 e. The van der Waals surface area contributed by atoms with Crippen LogP contribution in [0.25, 0.3) is 0 Å². The van der Waals surface area contributed by atoms with Crippen LogP contribution in [-0.2, 0) is 4.79 Å². The van der Waals surface area contributed by atoms with E-state index in [0.29, 0.717) is 37.6 Å². The van der Waals surface area contributed by atoms with Gasteiger partial charge in [-0.05, 0) is 31.0 Å². The molecule has 0 aliphatic heterocycles. The van der Waals surface area contributed by atoms with Crippen molar-refractivity contribution >= 4 is 11.9 Å². The van der Waals surface area contributed by atoms with E-state index >= 15 is 0 Å². The van der Waals surface area contributed by atoms with Crippen LogP contribution >= 0.6 is 0 Å². The van der Waals surface area contributed by atoms with E-state index in [-0.39, 0.29) is 18.2 Å². The monoisotopic (exact) mass is 386 g/mol. The summed E-state index contributed by atoms with van der Waals surface area (Å²) in [7, 11) is 0. The Morgan fingerprint density at radius 1 is 1.15 bits per heavy atom. The minimum atomic E-state index is -2.89. The molecular weight excluding hydrogens is 358 g/mol. The van der Waals surface area contributed by atoms with Crippen molar-refractivity contribution in [3.05, 3.63) is 29.8 Å². The van der Waals surface area contributed by atoms with Crippen molar-refractivity contribution < 1.29 is 23.4 Å². The molecule has 152 valence electrons. The summed E-state index contributed by atoms with van der Waals surface area (Å²) in [5.74, 6) is 0.477. The highest BCUT2D eigenvalue weighted by molar-refractivity contribution is 5.81. The van der Waals surface area contributed by atoms with Gasteiger partial charge in [0.1, 0.15) is 5.75 Å². The van der Waals surface area contributed by atoms with Crippen molar-refractivity contribution in [2.75, 3.05) is 26.2 Å². The van der Waals surface area contributed by atoms with Gasteiger partial charge in [0.15, 0.2) is 5.96 Å². The number of amides is 1. The smallest absolute Gasteiger partial charge is 0.387 e. The summed E-state index contributed by atoms with van der Waals surface area (Å²) in [5.41, 5.74) is 0.537. The number of nitrogens with one attached hydrogen (secondary N) is 3. The van der Waals surface area contributed by atoms with Crippen LogP contribution in [0.4, 0.5) is 8.78 Å². The van der Waals surface area contributed by atoms with E-state index in [4.69, 9.17) is 0 Å². The molecule has 0 saturated carbocycles. The summed E-state index contributed by atoms with van der Waals surface area (Å²) < 4.78 is 28.6. The molecule has 0 heterocycles. The fourth-order valence-corrected chi connectivity index (χ4v) is 2.14. The zero-order valence-electron chi connectivity index (χ0n) is 15.7. The molecule has 0 radical (unpaired) electrons. The number of alkyl halides is 2. The van der Waals surface area contributed by atoms with Gasteiger partial charge in [0.05, 0.1) is 12.6 Å². The first-order valence-electron chi connectivity index (χ1n) is 8.98. The number of guanidine groups is 1. The summed E-state index contributed by atoms with van der Waals surface area (Å²) in [5, 5.41) is 19.1. The summed E-state index contributed by atoms with van der Waals surface area (Å²) >= 11 is 0. The molecule has 0 aromatic heterocycles. The second-order valence-corrected chi connectivity index (χ2v) is 5.71. The molecule has 0 saturated heterocycles. The van der Waals surface area contributed by atoms with Crippen molar-refractivity contribution in [3.8, 4) is 5.75 Å². The standard InChI is InChI=1S/C18H28F2N4O3/c1-3-10-22-16(26)9-11-23-18(21-4-2)24-12-15(25)13-5-7-14(8-6-13)27-17(19)20/h5-8,15,17,25H,3-4,9-12H2,1-2H3,(H,22,26)(H2,21,23,24). The zero-order valence-corrected chi connectivity index (χ0v) is 15.7. The average Bonchev–Trinajstić information content (AvgIpc) is 2.64. The molecule has 0 aliphatic carbocycles. The van der Waals surface area contributed by atoms with Gasteiger partial charge < -0.3 is 25.8 Å². The topological polar surface area (TPSA) is 95.0 Å². The van der Waals surface area contributed by atoms with Gasteiger partial charge in [-0.3, -0.25) is 9.79 Å². The molecule has 7 nitrogen and oxygen atoms in total. The fraction of sp³-hybridized carbons (Fsp3) is 0.556. The fourth-order valence-electron chi connectivity index (χ4n) is 2.14. The number of rotatable bonds is 11. The molecule has 0 aliphatic rings. The average molecular weight is 386 g/mol. The number of halogens is 2. The molecule has 1 atom stereocenters. The maximum absolute atomic E-state index is 12.1. The number of hydrogen-bond acceptors (Lipinski definition) is 4. The number of benzene rings is 1. The van der Waals surface area contributed by atoms with Gasteiger partial charge in [0.25, 0.3) is 0 Å². The van der Waals surface area contributed by atoms with Gasteiger partial charge in [-0.15, -0.1) is 0 Å². The highest BCUT2D eigenvalue weighted by atomic mass is 19.3. The molecule has 1 aromatic carbocycles. The number of nitrogens with zero attached hydrogens (tertiary/aromatic N) is 1. The molecule has 0 spiro atoms. The van der Waals surface area contributed by atoms with Crippen LogP contribution in [0.3, 0.4) is 0 Å². The third kappa shape index (κ3) is 9.74. The number of aliphatic imine (C=N–C) groups is 1. The van der Waals surface area contributed by atoms with Gasteiger partial charge in [-0.1, -0.05) is 19.1 Å². The molecule has 1 aromatic rings. The Labute approximate surface area is 158 Å². The normalized spacial score (nSPS) is 12.6. The molecular formula is C18H28F2N4O3. The number of carbonyl (C=O) groups excluding carboxylic acids is 1. The van der Waals surface area contributed by atoms with E-state index in [9.17, 15) is 18.7 Å². The molecule has 0 fully saturated rings. The van der Waals surface area contributed by atoms with Crippen LogP contribution in [0.5, 0.6) is 5.75 Å². The predicted molar refractivity (Wildman–Crippen MR) is 99.9 cm³/mol.